The first kappa shape index (κ1) is 16.5. The van der Waals surface area contributed by atoms with E-state index in [1.807, 2.05) is 38.1 Å². The quantitative estimate of drug-likeness (QED) is 0.645. The smallest absolute Gasteiger partial charge is 0.248 e. The minimum Gasteiger partial charge on any atom is -0.491 e. The monoisotopic (exact) mass is 311 g/mol. The van der Waals surface area contributed by atoms with Gasteiger partial charge in [-0.15, -0.1) is 0 Å². The van der Waals surface area contributed by atoms with Gasteiger partial charge in [-0.25, -0.2) is 8.78 Å². The fourth-order valence-electron chi connectivity index (χ4n) is 2.50. The van der Waals surface area contributed by atoms with Crippen LogP contribution >= 0.6 is 0 Å². The highest BCUT2D eigenvalue weighted by molar-refractivity contribution is 5.92. The molecule has 1 aliphatic rings. The molecule has 1 saturated carbocycles. The van der Waals surface area contributed by atoms with Gasteiger partial charge in [-0.1, -0.05) is 0 Å². The van der Waals surface area contributed by atoms with Gasteiger partial charge in [0.2, 0.25) is 5.92 Å². The van der Waals surface area contributed by atoms with E-state index in [2.05, 4.69) is 10.3 Å². The van der Waals surface area contributed by atoms with Crippen LogP contribution in [-0.4, -0.2) is 24.5 Å². The fourth-order valence-corrected chi connectivity index (χ4v) is 2.50. The van der Waals surface area contributed by atoms with E-state index in [0.717, 1.165) is 11.4 Å². The zero-order valence-electron chi connectivity index (χ0n) is 13.0. The van der Waals surface area contributed by atoms with Crippen LogP contribution in [-0.2, 0) is 0 Å². The normalized spacial score (nSPS) is 21.1. The number of halogens is 2. The molecule has 2 rings (SSSR count). The standard InChI is InChI=1S/C16H23F2N3O/c1-11(2)22-14-5-3-13(4-6-14)21-15(19)20-10-12-7-8-16(17,18)9-12/h3-6,11-12H,7-10H2,1-2H3,(H3,19,20,21). The number of rotatable bonds is 5. The average molecular weight is 311 g/mol. The second-order valence-corrected chi connectivity index (χ2v) is 6.01. The van der Waals surface area contributed by atoms with Crippen LogP contribution in [0.5, 0.6) is 5.75 Å². The van der Waals surface area contributed by atoms with Crippen molar-refractivity contribution >= 4 is 11.6 Å². The molecule has 3 N–H and O–H groups in total. The number of aliphatic imine (C=N–C) groups is 1. The van der Waals surface area contributed by atoms with Gasteiger partial charge in [0.15, 0.2) is 5.96 Å². The van der Waals surface area contributed by atoms with E-state index >= 15 is 0 Å². The summed E-state index contributed by atoms with van der Waals surface area (Å²) < 4.78 is 31.7. The first-order valence-corrected chi connectivity index (χ1v) is 7.55. The molecule has 6 heteroatoms. The molecule has 0 radical (unpaired) electrons. The SMILES string of the molecule is CC(C)Oc1ccc(NC(N)=NCC2CCC(F)(F)C2)cc1. The first-order chi connectivity index (χ1) is 10.3. The third-order valence-electron chi connectivity index (χ3n) is 3.52. The molecule has 1 aliphatic carbocycles. The van der Waals surface area contributed by atoms with Gasteiger partial charge in [0.05, 0.1) is 6.10 Å². The molecular formula is C16H23F2N3O. The summed E-state index contributed by atoms with van der Waals surface area (Å²) in [5.74, 6) is -1.59. The van der Waals surface area contributed by atoms with Gasteiger partial charge in [-0.3, -0.25) is 4.99 Å². The molecule has 0 aromatic heterocycles. The number of hydrogen-bond acceptors (Lipinski definition) is 2. The van der Waals surface area contributed by atoms with Crippen molar-refractivity contribution in [1.29, 1.82) is 0 Å². The fraction of sp³-hybridized carbons (Fsp3) is 0.562. The summed E-state index contributed by atoms with van der Waals surface area (Å²) >= 11 is 0. The highest BCUT2D eigenvalue weighted by Crippen LogP contribution is 2.38. The number of anilines is 1. The molecule has 1 aromatic rings. The predicted octanol–water partition coefficient (Wildman–Crippen LogP) is 3.64. The summed E-state index contributed by atoms with van der Waals surface area (Å²) in [6, 6.07) is 7.36. The van der Waals surface area contributed by atoms with Gasteiger partial charge >= 0.3 is 0 Å². The van der Waals surface area contributed by atoms with Crippen LogP contribution in [0.3, 0.4) is 0 Å². The Morgan fingerprint density at radius 2 is 2.09 bits per heavy atom. The van der Waals surface area contributed by atoms with Gasteiger partial charge in [-0.05, 0) is 50.5 Å². The molecule has 0 aliphatic heterocycles. The summed E-state index contributed by atoms with van der Waals surface area (Å²) in [7, 11) is 0. The van der Waals surface area contributed by atoms with E-state index in [1.165, 1.54) is 0 Å². The number of nitrogens with one attached hydrogen (secondary N) is 1. The summed E-state index contributed by atoms with van der Waals surface area (Å²) in [5, 5.41) is 2.95. The van der Waals surface area contributed by atoms with Gasteiger partial charge in [0.25, 0.3) is 0 Å². The largest absolute Gasteiger partial charge is 0.491 e. The van der Waals surface area contributed by atoms with Gasteiger partial charge in [-0.2, -0.15) is 0 Å². The van der Waals surface area contributed by atoms with E-state index in [4.69, 9.17) is 10.5 Å². The Morgan fingerprint density at radius 3 is 2.64 bits per heavy atom. The number of benzene rings is 1. The third-order valence-corrected chi connectivity index (χ3v) is 3.52. The van der Waals surface area contributed by atoms with Crippen LogP contribution in [0.25, 0.3) is 0 Å². The number of guanidine groups is 1. The first-order valence-electron chi connectivity index (χ1n) is 7.55. The van der Waals surface area contributed by atoms with E-state index in [1.54, 1.807) is 0 Å². The predicted molar refractivity (Wildman–Crippen MR) is 84.6 cm³/mol. The van der Waals surface area contributed by atoms with E-state index in [9.17, 15) is 8.78 Å². The lowest BCUT2D eigenvalue weighted by Gasteiger charge is -2.11. The van der Waals surface area contributed by atoms with Gasteiger partial charge in [0, 0.05) is 25.1 Å². The summed E-state index contributed by atoms with van der Waals surface area (Å²) in [6.45, 7) is 4.26. The molecule has 0 saturated heterocycles. The Hall–Kier alpha value is -1.85. The molecule has 0 spiro atoms. The number of nitrogens with zero attached hydrogens (tertiary/aromatic N) is 1. The highest BCUT2D eigenvalue weighted by atomic mass is 19.3. The van der Waals surface area contributed by atoms with Crippen molar-refractivity contribution in [2.24, 2.45) is 16.6 Å². The third kappa shape index (κ3) is 5.16. The van der Waals surface area contributed by atoms with Crippen molar-refractivity contribution in [2.45, 2.75) is 45.1 Å². The number of ether oxygens (including phenoxy) is 1. The lowest BCUT2D eigenvalue weighted by atomic mass is 10.1. The van der Waals surface area contributed by atoms with Crippen LogP contribution in [0, 0.1) is 5.92 Å². The summed E-state index contributed by atoms with van der Waals surface area (Å²) in [6.07, 6.45) is 0.489. The summed E-state index contributed by atoms with van der Waals surface area (Å²) in [5.41, 5.74) is 6.58. The van der Waals surface area contributed by atoms with Crippen LogP contribution in [0.4, 0.5) is 14.5 Å². The molecule has 1 fully saturated rings. The Labute approximate surface area is 129 Å². The topological polar surface area (TPSA) is 59.6 Å². The highest BCUT2D eigenvalue weighted by Gasteiger charge is 2.39. The Kier molecular flexibility index (Phi) is 5.21. The number of nitrogens with two attached hydrogens (primary N) is 1. The minimum absolute atomic E-state index is 0.0438. The molecular weight excluding hydrogens is 288 g/mol. The van der Waals surface area contributed by atoms with Crippen LogP contribution in [0.2, 0.25) is 0 Å². The lowest BCUT2D eigenvalue weighted by Crippen LogP contribution is -2.23. The second kappa shape index (κ2) is 6.94. The molecule has 122 valence electrons. The average Bonchev–Trinajstić information content (AvgIpc) is 2.78. The molecule has 4 nitrogen and oxygen atoms in total. The zero-order valence-corrected chi connectivity index (χ0v) is 13.0. The maximum Gasteiger partial charge on any atom is 0.248 e. The maximum atomic E-state index is 13.1. The van der Waals surface area contributed by atoms with Crippen molar-refractivity contribution in [2.75, 3.05) is 11.9 Å². The Bertz CT molecular complexity index is 515. The van der Waals surface area contributed by atoms with E-state index in [0.29, 0.717) is 13.0 Å². The number of alkyl halides is 2. The maximum absolute atomic E-state index is 13.1. The zero-order chi connectivity index (χ0) is 16.2. The Morgan fingerprint density at radius 1 is 1.41 bits per heavy atom. The Balaban J connectivity index is 1.83. The summed E-state index contributed by atoms with van der Waals surface area (Å²) in [4.78, 5) is 4.16. The molecule has 1 aromatic carbocycles. The van der Waals surface area contributed by atoms with Crippen LogP contribution < -0.4 is 15.8 Å². The van der Waals surface area contributed by atoms with E-state index < -0.39 is 5.92 Å². The van der Waals surface area contributed by atoms with Crippen molar-refractivity contribution < 1.29 is 13.5 Å². The molecule has 0 amide bonds. The van der Waals surface area contributed by atoms with Crippen LogP contribution in [0.1, 0.15) is 33.1 Å². The van der Waals surface area contributed by atoms with Crippen molar-refractivity contribution in [1.82, 2.24) is 0 Å². The van der Waals surface area contributed by atoms with Crippen LogP contribution in [0.15, 0.2) is 29.3 Å². The van der Waals surface area contributed by atoms with Gasteiger partial charge in [0.1, 0.15) is 5.75 Å². The van der Waals surface area contributed by atoms with E-state index in [-0.39, 0.29) is 30.8 Å². The second-order valence-electron chi connectivity index (χ2n) is 6.01. The van der Waals surface area contributed by atoms with Gasteiger partial charge < -0.3 is 15.8 Å². The van der Waals surface area contributed by atoms with Crippen molar-refractivity contribution in [3.8, 4) is 5.75 Å². The number of hydrogen-bond donors (Lipinski definition) is 2. The lowest BCUT2D eigenvalue weighted by molar-refractivity contribution is 0.00542. The molecule has 1 unspecified atom stereocenters. The van der Waals surface area contributed by atoms with Crippen molar-refractivity contribution in [3.05, 3.63) is 24.3 Å². The molecule has 0 bridgehead atoms. The molecule has 0 heterocycles. The van der Waals surface area contributed by atoms with Crippen molar-refractivity contribution in [3.63, 3.8) is 0 Å². The minimum atomic E-state index is -2.53. The molecule has 22 heavy (non-hydrogen) atoms. The molecule has 1 atom stereocenters.